The number of nitrogens with one attached hydrogen (secondary N) is 1. The van der Waals surface area contributed by atoms with Crippen molar-refractivity contribution in [2.75, 3.05) is 19.6 Å². The second-order valence-electron chi connectivity index (χ2n) is 7.93. The zero-order chi connectivity index (χ0) is 20.9. The van der Waals surface area contributed by atoms with Crippen molar-refractivity contribution in [1.82, 2.24) is 9.62 Å². The number of piperidine rings is 1. The fraction of sp³-hybridized carbons (Fsp3) is 0.500. The molecule has 1 aromatic heterocycles. The molecule has 7 heteroatoms. The van der Waals surface area contributed by atoms with Crippen molar-refractivity contribution in [1.29, 1.82) is 0 Å². The van der Waals surface area contributed by atoms with Crippen LogP contribution in [-0.4, -0.2) is 38.3 Å². The summed E-state index contributed by atoms with van der Waals surface area (Å²) in [6.45, 7) is 5.73. The average Bonchev–Trinajstić information content (AvgIpc) is 3.27. The van der Waals surface area contributed by atoms with Gasteiger partial charge in [0.25, 0.3) is 10.0 Å². The Morgan fingerprint density at radius 1 is 1.24 bits per heavy atom. The number of carbonyl (C=O) groups excluding carboxylic acids is 1. The molecule has 1 saturated heterocycles. The molecule has 29 heavy (non-hydrogen) atoms. The summed E-state index contributed by atoms with van der Waals surface area (Å²) in [6, 6.07) is 12.0. The summed E-state index contributed by atoms with van der Waals surface area (Å²) in [5, 5.41) is 4.76. The van der Waals surface area contributed by atoms with E-state index < -0.39 is 10.0 Å². The third-order valence-corrected chi connectivity index (χ3v) is 8.67. The Bertz CT molecular complexity index is 891. The van der Waals surface area contributed by atoms with Crippen molar-refractivity contribution in [2.45, 2.75) is 49.7 Å². The van der Waals surface area contributed by atoms with E-state index in [1.54, 1.807) is 17.5 Å². The van der Waals surface area contributed by atoms with Crippen LogP contribution in [0, 0.1) is 5.92 Å². The molecule has 0 radical (unpaired) electrons. The molecule has 2 heterocycles. The summed E-state index contributed by atoms with van der Waals surface area (Å²) in [5.74, 6) is 0.220. The minimum atomic E-state index is -3.48. The smallest absolute Gasteiger partial charge is 0.252 e. The lowest BCUT2D eigenvalue weighted by Gasteiger charge is -2.30. The molecule has 1 N–H and O–H groups in total. The van der Waals surface area contributed by atoms with Gasteiger partial charge in [0.15, 0.2) is 0 Å². The lowest BCUT2D eigenvalue weighted by molar-refractivity contribution is -0.126. The molecule has 3 rings (SSSR count). The first-order valence-electron chi connectivity index (χ1n) is 10.3. The first-order chi connectivity index (χ1) is 13.9. The number of carbonyl (C=O) groups is 1. The Balaban J connectivity index is 1.45. The molecule has 0 bridgehead atoms. The van der Waals surface area contributed by atoms with Crippen molar-refractivity contribution in [3.05, 3.63) is 52.9 Å². The Morgan fingerprint density at radius 2 is 2.00 bits per heavy atom. The summed E-state index contributed by atoms with van der Waals surface area (Å²) >= 11 is 1.22. The summed E-state index contributed by atoms with van der Waals surface area (Å²) in [7, 11) is -3.48. The molecule has 0 aliphatic carbocycles. The lowest BCUT2D eigenvalue weighted by Crippen LogP contribution is -2.45. The van der Waals surface area contributed by atoms with Crippen LogP contribution in [0.2, 0.25) is 0 Å². The van der Waals surface area contributed by atoms with Gasteiger partial charge < -0.3 is 5.32 Å². The van der Waals surface area contributed by atoms with Gasteiger partial charge in [-0.25, -0.2) is 8.42 Å². The highest BCUT2D eigenvalue weighted by Gasteiger charge is 2.33. The second kappa shape index (κ2) is 9.87. The molecule has 1 aromatic carbocycles. The molecule has 1 fully saturated rings. The maximum absolute atomic E-state index is 12.7. The summed E-state index contributed by atoms with van der Waals surface area (Å²) in [4.78, 5) is 12.6. The minimum absolute atomic E-state index is 0.0359. The molecule has 1 aliphatic rings. The monoisotopic (exact) mass is 434 g/mol. The maximum atomic E-state index is 12.7. The Kier molecular flexibility index (Phi) is 7.49. The molecule has 1 aliphatic heterocycles. The van der Waals surface area contributed by atoms with E-state index in [0.29, 0.717) is 29.6 Å². The van der Waals surface area contributed by atoms with Crippen LogP contribution < -0.4 is 5.32 Å². The van der Waals surface area contributed by atoms with E-state index >= 15 is 0 Å². The molecular formula is C22H30N2O3S2. The quantitative estimate of drug-likeness (QED) is 0.638. The number of hydrogen-bond donors (Lipinski definition) is 1. The molecule has 1 amide bonds. The highest BCUT2D eigenvalue weighted by molar-refractivity contribution is 7.91. The first-order valence-corrected chi connectivity index (χ1v) is 12.6. The minimum Gasteiger partial charge on any atom is -0.356 e. The van der Waals surface area contributed by atoms with E-state index in [-0.39, 0.29) is 18.4 Å². The molecule has 1 atom stereocenters. The fourth-order valence-corrected chi connectivity index (χ4v) is 6.30. The molecular weight excluding hydrogens is 404 g/mol. The standard InChI is InChI=1S/C22H30N2O3S2/c1-17(2)19-11-9-18(10-12-19)6-3-13-23-22(25)20-7-4-14-24(16-20)29(26,27)21-8-5-15-28-21/h5,8-12,15,17,20H,3-4,6-7,13-14,16H2,1-2H3,(H,23,25)/t20-/m0/s1. The topological polar surface area (TPSA) is 66.5 Å². The van der Waals surface area contributed by atoms with Crippen molar-refractivity contribution in [3.63, 3.8) is 0 Å². The van der Waals surface area contributed by atoms with Gasteiger partial charge in [0.2, 0.25) is 5.91 Å². The van der Waals surface area contributed by atoms with E-state index in [1.165, 1.54) is 26.8 Å². The highest BCUT2D eigenvalue weighted by Crippen LogP contribution is 2.26. The number of sulfonamides is 1. The van der Waals surface area contributed by atoms with Crippen LogP contribution in [-0.2, 0) is 21.2 Å². The van der Waals surface area contributed by atoms with E-state index in [4.69, 9.17) is 0 Å². The normalized spacial score (nSPS) is 18.1. The zero-order valence-corrected chi connectivity index (χ0v) is 18.8. The summed E-state index contributed by atoms with van der Waals surface area (Å²) < 4.78 is 27.2. The Labute approximate surface area is 178 Å². The molecule has 0 unspecified atom stereocenters. The summed E-state index contributed by atoms with van der Waals surface area (Å²) in [6.07, 6.45) is 3.24. The van der Waals surface area contributed by atoms with Crippen LogP contribution in [0.1, 0.15) is 50.2 Å². The van der Waals surface area contributed by atoms with Crippen LogP contribution in [0.4, 0.5) is 0 Å². The van der Waals surface area contributed by atoms with Gasteiger partial charge in [-0.3, -0.25) is 4.79 Å². The SMILES string of the molecule is CC(C)c1ccc(CCCNC(=O)[C@H]2CCCN(S(=O)(=O)c3cccs3)C2)cc1. The summed E-state index contributed by atoms with van der Waals surface area (Å²) in [5.41, 5.74) is 2.61. The number of thiophene rings is 1. The third-order valence-electron chi connectivity index (χ3n) is 5.43. The van der Waals surface area contributed by atoms with Gasteiger partial charge in [-0.05, 0) is 54.2 Å². The van der Waals surface area contributed by atoms with Gasteiger partial charge >= 0.3 is 0 Å². The second-order valence-corrected chi connectivity index (χ2v) is 11.0. The van der Waals surface area contributed by atoms with Gasteiger partial charge in [0.1, 0.15) is 4.21 Å². The van der Waals surface area contributed by atoms with Gasteiger partial charge in [0.05, 0.1) is 5.92 Å². The van der Waals surface area contributed by atoms with Crippen molar-refractivity contribution >= 4 is 27.3 Å². The number of amides is 1. The van der Waals surface area contributed by atoms with E-state index in [0.717, 1.165) is 19.3 Å². The predicted molar refractivity (Wildman–Crippen MR) is 118 cm³/mol. The predicted octanol–water partition coefficient (Wildman–Crippen LogP) is 4.02. The van der Waals surface area contributed by atoms with E-state index in [9.17, 15) is 13.2 Å². The van der Waals surface area contributed by atoms with E-state index in [1.807, 2.05) is 0 Å². The van der Waals surface area contributed by atoms with Gasteiger partial charge in [0, 0.05) is 19.6 Å². The van der Waals surface area contributed by atoms with Crippen molar-refractivity contribution in [2.24, 2.45) is 5.92 Å². The van der Waals surface area contributed by atoms with Crippen LogP contribution in [0.25, 0.3) is 0 Å². The van der Waals surface area contributed by atoms with Crippen LogP contribution in [0.15, 0.2) is 46.0 Å². The van der Waals surface area contributed by atoms with Crippen LogP contribution >= 0.6 is 11.3 Å². The van der Waals surface area contributed by atoms with E-state index in [2.05, 4.69) is 43.4 Å². The lowest BCUT2D eigenvalue weighted by atomic mass is 9.98. The number of rotatable bonds is 8. The third kappa shape index (κ3) is 5.68. The van der Waals surface area contributed by atoms with Crippen molar-refractivity contribution in [3.8, 4) is 0 Å². The number of benzene rings is 1. The average molecular weight is 435 g/mol. The largest absolute Gasteiger partial charge is 0.356 e. The fourth-order valence-electron chi connectivity index (χ4n) is 3.63. The molecule has 2 aromatic rings. The molecule has 0 saturated carbocycles. The molecule has 5 nitrogen and oxygen atoms in total. The number of hydrogen-bond acceptors (Lipinski definition) is 4. The number of aryl methyl sites for hydroxylation is 1. The van der Waals surface area contributed by atoms with Crippen LogP contribution in [0.5, 0.6) is 0 Å². The zero-order valence-electron chi connectivity index (χ0n) is 17.1. The Morgan fingerprint density at radius 3 is 2.66 bits per heavy atom. The van der Waals surface area contributed by atoms with Gasteiger partial charge in [-0.1, -0.05) is 44.2 Å². The molecule has 0 spiro atoms. The van der Waals surface area contributed by atoms with Gasteiger partial charge in [-0.15, -0.1) is 11.3 Å². The number of nitrogens with zero attached hydrogens (tertiary/aromatic N) is 1. The van der Waals surface area contributed by atoms with Crippen LogP contribution in [0.3, 0.4) is 0 Å². The van der Waals surface area contributed by atoms with Gasteiger partial charge in [-0.2, -0.15) is 4.31 Å². The highest BCUT2D eigenvalue weighted by atomic mass is 32.2. The van der Waals surface area contributed by atoms with Crippen molar-refractivity contribution < 1.29 is 13.2 Å². The molecule has 158 valence electrons. The maximum Gasteiger partial charge on any atom is 0.252 e. The Hall–Kier alpha value is -1.70. The first kappa shape index (κ1) is 22.0.